The van der Waals surface area contributed by atoms with Gasteiger partial charge in [0.05, 0.1) is 5.69 Å². The fourth-order valence-corrected chi connectivity index (χ4v) is 3.11. The summed E-state index contributed by atoms with van der Waals surface area (Å²) in [4.78, 5) is 25.9. The lowest BCUT2D eigenvalue weighted by Crippen LogP contribution is -2.25. The summed E-state index contributed by atoms with van der Waals surface area (Å²) < 4.78 is 0. The van der Waals surface area contributed by atoms with Gasteiger partial charge in [0.1, 0.15) is 4.88 Å². The number of aromatic amines is 1. The van der Waals surface area contributed by atoms with E-state index < -0.39 is 0 Å². The number of hydrogen-bond acceptors (Lipinski definition) is 8. The Bertz CT molecular complexity index is 786. The molecular formula is C14H16N8OS. The van der Waals surface area contributed by atoms with Gasteiger partial charge in [0.15, 0.2) is 16.7 Å². The van der Waals surface area contributed by atoms with Crippen LogP contribution in [-0.4, -0.2) is 48.0 Å². The van der Waals surface area contributed by atoms with Gasteiger partial charge < -0.3 is 5.32 Å². The first kappa shape index (κ1) is 16.1. The first-order valence-corrected chi connectivity index (χ1v) is 8.37. The highest BCUT2D eigenvalue weighted by Crippen LogP contribution is 2.25. The highest BCUT2D eigenvalue weighted by atomic mass is 32.1. The molecule has 9 nitrogen and oxygen atoms in total. The van der Waals surface area contributed by atoms with E-state index in [1.807, 2.05) is 6.92 Å². The zero-order chi connectivity index (χ0) is 16.8. The van der Waals surface area contributed by atoms with Crippen LogP contribution in [0.25, 0.3) is 10.8 Å². The van der Waals surface area contributed by atoms with Crippen molar-refractivity contribution in [3.8, 4) is 10.8 Å². The molecule has 0 aliphatic carbocycles. The summed E-state index contributed by atoms with van der Waals surface area (Å²) in [6.07, 6.45) is 5.39. The molecule has 3 aromatic rings. The number of carbonyl (C=O) groups excluding carboxylic acids is 1. The molecule has 0 atom stereocenters. The van der Waals surface area contributed by atoms with E-state index in [1.165, 1.54) is 11.3 Å². The van der Waals surface area contributed by atoms with Crippen molar-refractivity contribution >= 4 is 17.2 Å². The van der Waals surface area contributed by atoms with E-state index >= 15 is 0 Å². The molecule has 10 heteroatoms. The van der Waals surface area contributed by atoms with Gasteiger partial charge in [0, 0.05) is 25.4 Å². The van der Waals surface area contributed by atoms with Crippen molar-refractivity contribution < 1.29 is 4.79 Å². The van der Waals surface area contributed by atoms with E-state index in [2.05, 4.69) is 40.9 Å². The number of thiazole rings is 1. The monoisotopic (exact) mass is 344 g/mol. The Morgan fingerprint density at radius 3 is 2.88 bits per heavy atom. The maximum atomic E-state index is 12.4. The Hall–Kier alpha value is -2.75. The lowest BCUT2D eigenvalue weighted by Gasteiger charge is -2.03. The molecule has 3 rings (SSSR count). The normalized spacial score (nSPS) is 10.7. The molecule has 0 saturated heterocycles. The molecule has 124 valence electrons. The van der Waals surface area contributed by atoms with Crippen LogP contribution in [0.1, 0.15) is 34.5 Å². The number of nitrogens with zero attached hydrogens (tertiary/aromatic N) is 6. The van der Waals surface area contributed by atoms with Crippen LogP contribution in [0.4, 0.5) is 0 Å². The summed E-state index contributed by atoms with van der Waals surface area (Å²) in [6, 6.07) is 1.75. The lowest BCUT2D eigenvalue weighted by atomic mass is 10.2. The molecule has 2 N–H and O–H groups in total. The van der Waals surface area contributed by atoms with Crippen LogP contribution in [0.2, 0.25) is 0 Å². The number of aromatic nitrogens is 7. The van der Waals surface area contributed by atoms with E-state index in [0.29, 0.717) is 40.9 Å². The van der Waals surface area contributed by atoms with Gasteiger partial charge in [-0.3, -0.25) is 4.79 Å². The number of aryl methyl sites for hydroxylation is 2. The fraction of sp³-hybridized carbons (Fsp3) is 0.357. The molecule has 0 unspecified atom stereocenters. The average molecular weight is 344 g/mol. The van der Waals surface area contributed by atoms with E-state index in [0.717, 1.165) is 12.1 Å². The Labute approximate surface area is 142 Å². The summed E-state index contributed by atoms with van der Waals surface area (Å²) in [7, 11) is 0. The summed E-state index contributed by atoms with van der Waals surface area (Å²) in [5.74, 6) is 1.05. The molecule has 3 heterocycles. The summed E-state index contributed by atoms with van der Waals surface area (Å²) in [6.45, 7) is 2.50. The predicted molar refractivity (Wildman–Crippen MR) is 87.3 cm³/mol. The predicted octanol–water partition coefficient (Wildman–Crippen LogP) is 1.04. The zero-order valence-electron chi connectivity index (χ0n) is 13.1. The van der Waals surface area contributed by atoms with E-state index in [1.54, 1.807) is 18.5 Å². The minimum absolute atomic E-state index is 0.125. The SMILES string of the molecule is CCc1nc(-c2ncccn2)sc1C(=O)NCCCc1nn[nH]n1. The summed E-state index contributed by atoms with van der Waals surface area (Å²) in [5.41, 5.74) is 0.762. The van der Waals surface area contributed by atoms with Crippen LogP contribution in [0.15, 0.2) is 18.5 Å². The zero-order valence-corrected chi connectivity index (χ0v) is 13.9. The number of H-pyrrole nitrogens is 1. The molecule has 24 heavy (non-hydrogen) atoms. The van der Waals surface area contributed by atoms with Crippen molar-refractivity contribution in [1.82, 2.24) is 40.9 Å². The summed E-state index contributed by atoms with van der Waals surface area (Å²) in [5, 5.41) is 17.2. The van der Waals surface area contributed by atoms with Gasteiger partial charge in [-0.1, -0.05) is 12.1 Å². The Kier molecular flexibility index (Phi) is 5.16. The van der Waals surface area contributed by atoms with Crippen LogP contribution < -0.4 is 5.32 Å². The second-order valence-electron chi connectivity index (χ2n) is 4.91. The van der Waals surface area contributed by atoms with Gasteiger partial charge in [0.2, 0.25) is 0 Å². The van der Waals surface area contributed by atoms with Gasteiger partial charge in [-0.05, 0) is 18.9 Å². The Balaban J connectivity index is 1.62. The Morgan fingerprint density at radius 2 is 2.17 bits per heavy atom. The van der Waals surface area contributed by atoms with Crippen LogP contribution in [0.3, 0.4) is 0 Å². The minimum Gasteiger partial charge on any atom is -0.351 e. The van der Waals surface area contributed by atoms with Crippen molar-refractivity contribution in [3.63, 3.8) is 0 Å². The number of carbonyl (C=O) groups is 1. The van der Waals surface area contributed by atoms with Gasteiger partial charge in [-0.2, -0.15) is 5.21 Å². The highest BCUT2D eigenvalue weighted by molar-refractivity contribution is 7.17. The minimum atomic E-state index is -0.125. The second kappa shape index (κ2) is 7.68. The molecule has 0 fully saturated rings. The number of amides is 1. The number of tetrazole rings is 1. The van der Waals surface area contributed by atoms with E-state index in [-0.39, 0.29) is 5.91 Å². The van der Waals surface area contributed by atoms with Crippen LogP contribution >= 0.6 is 11.3 Å². The van der Waals surface area contributed by atoms with Gasteiger partial charge in [-0.15, -0.1) is 21.5 Å². The Morgan fingerprint density at radius 1 is 1.33 bits per heavy atom. The molecule has 0 radical (unpaired) electrons. The fourth-order valence-electron chi connectivity index (χ4n) is 2.09. The lowest BCUT2D eigenvalue weighted by molar-refractivity contribution is 0.0956. The third kappa shape index (κ3) is 3.77. The van der Waals surface area contributed by atoms with E-state index in [9.17, 15) is 4.79 Å². The third-order valence-corrected chi connectivity index (χ3v) is 4.34. The first-order valence-electron chi connectivity index (χ1n) is 7.55. The molecular weight excluding hydrogens is 328 g/mol. The molecule has 1 amide bonds. The number of nitrogens with one attached hydrogen (secondary N) is 2. The van der Waals surface area contributed by atoms with Gasteiger partial charge in [-0.25, -0.2) is 15.0 Å². The number of hydrogen-bond donors (Lipinski definition) is 2. The van der Waals surface area contributed by atoms with Crippen molar-refractivity contribution in [2.24, 2.45) is 0 Å². The second-order valence-corrected chi connectivity index (χ2v) is 5.91. The van der Waals surface area contributed by atoms with Crippen molar-refractivity contribution in [3.05, 3.63) is 34.9 Å². The largest absolute Gasteiger partial charge is 0.351 e. The molecule has 3 aromatic heterocycles. The first-order chi connectivity index (χ1) is 11.8. The standard InChI is InChI=1S/C14H16N8OS/c1-2-9-11(24-14(18-9)12-15-7-4-8-16-12)13(23)17-6-3-5-10-19-21-22-20-10/h4,7-8H,2-3,5-6H2,1H3,(H,17,23)(H,19,20,21,22). The van der Waals surface area contributed by atoms with Crippen LogP contribution in [-0.2, 0) is 12.8 Å². The number of rotatable bonds is 7. The van der Waals surface area contributed by atoms with Crippen LogP contribution in [0, 0.1) is 0 Å². The van der Waals surface area contributed by atoms with Crippen LogP contribution in [0.5, 0.6) is 0 Å². The molecule has 0 saturated carbocycles. The van der Waals surface area contributed by atoms with Crippen molar-refractivity contribution in [1.29, 1.82) is 0 Å². The highest BCUT2D eigenvalue weighted by Gasteiger charge is 2.18. The molecule has 0 bridgehead atoms. The third-order valence-electron chi connectivity index (χ3n) is 3.25. The smallest absolute Gasteiger partial charge is 0.263 e. The maximum absolute atomic E-state index is 12.4. The summed E-state index contributed by atoms with van der Waals surface area (Å²) >= 11 is 1.31. The topological polar surface area (TPSA) is 122 Å². The average Bonchev–Trinajstić information content (AvgIpc) is 3.28. The molecule has 0 aliphatic heterocycles. The molecule has 0 aromatic carbocycles. The maximum Gasteiger partial charge on any atom is 0.263 e. The van der Waals surface area contributed by atoms with Crippen molar-refractivity contribution in [2.45, 2.75) is 26.2 Å². The van der Waals surface area contributed by atoms with E-state index in [4.69, 9.17) is 0 Å². The molecule has 0 spiro atoms. The quantitative estimate of drug-likeness (QED) is 0.614. The molecule has 0 aliphatic rings. The van der Waals surface area contributed by atoms with Crippen molar-refractivity contribution in [2.75, 3.05) is 6.54 Å². The van der Waals surface area contributed by atoms with Gasteiger partial charge >= 0.3 is 0 Å². The van der Waals surface area contributed by atoms with Gasteiger partial charge in [0.25, 0.3) is 5.91 Å².